The van der Waals surface area contributed by atoms with Crippen molar-refractivity contribution in [1.29, 1.82) is 0 Å². The number of Topliss-reactive ketones (excluding diaryl/α,β-unsaturated/α-hetero) is 1. The van der Waals surface area contributed by atoms with Gasteiger partial charge in [-0.3, -0.25) is 9.78 Å². The average molecular weight is 352 g/mol. The number of allylic oxidation sites excluding steroid dienone is 1. The lowest BCUT2D eigenvalue weighted by atomic mass is 9.63. The van der Waals surface area contributed by atoms with Crippen LogP contribution in [0.3, 0.4) is 0 Å². The van der Waals surface area contributed by atoms with Crippen LogP contribution in [0.1, 0.15) is 55.0 Å². The fourth-order valence-electron chi connectivity index (χ4n) is 4.52. The van der Waals surface area contributed by atoms with Crippen LogP contribution in [0.5, 0.6) is 0 Å². The molecule has 1 aromatic heterocycles. The number of terminal acetylenes is 1. The van der Waals surface area contributed by atoms with Gasteiger partial charge in [0, 0.05) is 31.3 Å². The second-order valence-electron chi connectivity index (χ2n) is 7.77. The van der Waals surface area contributed by atoms with Gasteiger partial charge < -0.3 is 15.1 Å². The molecular weight excluding hydrogens is 328 g/mol. The van der Waals surface area contributed by atoms with E-state index in [-0.39, 0.29) is 12.2 Å². The molecule has 0 bridgehead atoms. The van der Waals surface area contributed by atoms with Crippen LogP contribution in [-0.2, 0) is 11.2 Å². The van der Waals surface area contributed by atoms with Gasteiger partial charge in [-0.15, -0.1) is 6.42 Å². The number of pyridine rings is 1. The number of aliphatic hydroxyl groups excluding tert-OH is 2. The summed E-state index contributed by atoms with van der Waals surface area (Å²) in [5, 5.41) is 19.2. The van der Waals surface area contributed by atoms with Crippen LogP contribution in [0.2, 0.25) is 0 Å². The lowest BCUT2D eigenvalue weighted by molar-refractivity contribution is -0.114. The van der Waals surface area contributed by atoms with E-state index in [4.69, 9.17) is 6.42 Å². The molecule has 1 spiro atoms. The molecule has 1 saturated carbocycles. The maximum absolute atomic E-state index is 12.6. The summed E-state index contributed by atoms with van der Waals surface area (Å²) < 4.78 is 0. The van der Waals surface area contributed by atoms with E-state index in [2.05, 4.69) is 15.8 Å². The van der Waals surface area contributed by atoms with Crippen molar-refractivity contribution in [3.63, 3.8) is 0 Å². The number of rotatable bonds is 3. The van der Waals surface area contributed by atoms with E-state index in [0.717, 1.165) is 42.8 Å². The molecule has 1 saturated heterocycles. The number of carbonyl (C=O) groups is 1. The molecule has 26 heavy (non-hydrogen) atoms. The topological polar surface area (TPSA) is 73.7 Å². The molecule has 136 valence electrons. The van der Waals surface area contributed by atoms with Crippen LogP contribution >= 0.6 is 0 Å². The number of likely N-dealkylation sites (tertiary alicyclic amines) is 1. The van der Waals surface area contributed by atoms with Gasteiger partial charge in [-0.2, -0.15) is 0 Å². The van der Waals surface area contributed by atoms with Crippen molar-refractivity contribution in [3.8, 4) is 12.3 Å². The third kappa shape index (κ3) is 2.74. The molecule has 2 aliphatic carbocycles. The molecule has 1 aromatic rings. The smallest absolute Gasteiger partial charge is 0.177 e. The number of hydrogen-bond donors (Lipinski definition) is 2. The first-order valence-electron chi connectivity index (χ1n) is 9.34. The predicted octanol–water partition coefficient (Wildman–Crippen LogP) is 1.84. The second kappa shape index (κ2) is 6.53. The van der Waals surface area contributed by atoms with E-state index in [1.54, 1.807) is 12.3 Å². The molecule has 1 aliphatic heterocycles. The summed E-state index contributed by atoms with van der Waals surface area (Å²) in [5.41, 5.74) is 3.86. The highest BCUT2D eigenvalue weighted by molar-refractivity contribution is 6.10. The highest BCUT2D eigenvalue weighted by Crippen LogP contribution is 2.50. The van der Waals surface area contributed by atoms with Gasteiger partial charge in [0.15, 0.2) is 5.78 Å². The lowest BCUT2D eigenvalue weighted by Crippen LogP contribution is -2.43. The van der Waals surface area contributed by atoms with Crippen molar-refractivity contribution in [2.45, 2.75) is 44.6 Å². The molecule has 5 nitrogen and oxygen atoms in total. The summed E-state index contributed by atoms with van der Waals surface area (Å²) in [5.74, 6) is 2.56. The summed E-state index contributed by atoms with van der Waals surface area (Å²) in [4.78, 5) is 19.0. The van der Waals surface area contributed by atoms with Crippen LogP contribution < -0.4 is 0 Å². The van der Waals surface area contributed by atoms with Crippen molar-refractivity contribution in [1.82, 2.24) is 9.88 Å². The molecule has 2 N–H and O–H groups in total. The monoisotopic (exact) mass is 352 g/mol. The Morgan fingerprint density at radius 3 is 2.62 bits per heavy atom. The van der Waals surface area contributed by atoms with Crippen molar-refractivity contribution in [2.75, 3.05) is 19.7 Å². The van der Waals surface area contributed by atoms with Crippen molar-refractivity contribution >= 4 is 11.5 Å². The molecule has 4 rings (SSSR count). The Bertz CT molecular complexity index is 807. The van der Waals surface area contributed by atoms with Crippen LogP contribution in [0.4, 0.5) is 0 Å². The molecule has 1 atom stereocenters. The number of aromatic nitrogens is 1. The highest BCUT2D eigenvalue weighted by atomic mass is 16.3. The van der Waals surface area contributed by atoms with Crippen molar-refractivity contribution < 1.29 is 15.0 Å². The van der Waals surface area contributed by atoms with Gasteiger partial charge >= 0.3 is 0 Å². The molecule has 0 radical (unpaired) electrons. The van der Waals surface area contributed by atoms with E-state index < -0.39 is 12.7 Å². The fourth-order valence-corrected chi connectivity index (χ4v) is 4.52. The zero-order valence-corrected chi connectivity index (χ0v) is 14.9. The molecule has 3 aliphatic rings. The third-order valence-electron chi connectivity index (χ3n) is 6.34. The Morgan fingerprint density at radius 1 is 1.31 bits per heavy atom. The minimum absolute atomic E-state index is 0.0452. The Morgan fingerprint density at radius 2 is 2.04 bits per heavy atom. The van der Waals surface area contributed by atoms with E-state index in [1.165, 1.54) is 19.3 Å². The number of ketones is 1. The standard InChI is InChI=1S/C21H24N2O3/c1-2-15-18(25)10-14-12-22-17(19(26)13-24)11-16(14)20(15)23-8-6-21(7-9-23)4-3-5-21/h1,11-12,19,24,26H,3-10,13H2. The number of fused-ring (bicyclic) bond motifs is 1. The zero-order valence-electron chi connectivity index (χ0n) is 14.9. The fraction of sp³-hybridized carbons (Fsp3) is 0.524. The first kappa shape index (κ1) is 17.3. The molecule has 2 fully saturated rings. The van der Waals surface area contributed by atoms with Gasteiger partial charge in [0.2, 0.25) is 0 Å². The lowest BCUT2D eigenvalue weighted by Gasteiger charge is -2.49. The maximum atomic E-state index is 12.6. The van der Waals surface area contributed by atoms with E-state index in [1.807, 2.05) is 0 Å². The maximum Gasteiger partial charge on any atom is 0.177 e. The number of hydrogen-bond acceptors (Lipinski definition) is 5. The summed E-state index contributed by atoms with van der Waals surface area (Å²) >= 11 is 0. The van der Waals surface area contributed by atoms with E-state index >= 15 is 0 Å². The Hall–Kier alpha value is -2.16. The van der Waals surface area contributed by atoms with Crippen molar-refractivity contribution in [2.24, 2.45) is 5.41 Å². The number of carbonyl (C=O) groups excluding carboxylic acids is 1. The quantitative estimate of drug-likeness (QED) is 0.812. The van der Waals surface area contributed by atoms with Crippen LogP contribution in [0.15, 0.2) is 17.8 Å². The van der Waals surface area contributed by atoms with Gasteiger partial charge in [0.25, 0.3) is 0 Å². The van der Waals surface area contributed by atoms with Gasteiger partial charge in [-0.05, 0) is 42.7 Å². The van der Waals surface area contributed by atoms with Crippen LogP contribution in [0, 0.1) is 17.8 Å². The van der Waals surface area contributed by atoms with E-state index in [9.17, 15) is 15.0 Å². The molecule has 0 aromatic carbocycles. The second-order valence-corrected chi connectivity index (χ2v) is 7.77. The average Bonchev–Trinajstić information content (AvgIpc) is 2.64. The van der Waals surface area contributed by atoms with Crippen LogP contribution in [-0.4, -0.2) is 45.6 Å². The van der Waals surface area contributed by atoms with Crippen molar-refractivity contribution in [3.05, 3.63) is 34.7 Å². The molecule has 1 unspecified atom stereocenters. The summed E-state index contributed by atoms with van der Waals surface area (Å²) in [7, 11) is 0. The Balaban J connectivity index is 1.73. The number of nitrogens with zero attached hydrogens (tertiary/aromatic N) is 2. The predicted molar refractivity (Wildman–Crippen MR) is 97.8 cm³/mol. The van der Waals surface area contributed by atoms with Gasteiger partial charge in [-0.1, -0.05) is 12.3 Å². The molecule has 2 heterocycles. The van der Waals surface area contributed by atoms with Gasteiger partial charge in [0.1, 0.15) is 6.10 Å². The largest absolute Gasteiger partial charge is 0.393 e. The third-order valence-corrected chi connectivity index (χ3v) is 6.34. The zero-order chi connectivity index (χ0) is 18.3. The normalized spacial score (nSPS) is 22.7. The summed E-state index contributed by atoms with van der Waals surface area (Å²) in [6.45, 7) is 1.40. The SMILES string of the molecule is C#CC1=C(N2CCC3(CCC3)CC2)c2cc(C(O)CO)ncc2CC1=O. The summed E-state index contributed by atoms with van der Waals surface area (Å²) in [6, 6.07) is 1.78. The van der Waals surface area contributed by atoms with Gasteiger partial charge in [0.05, 0.1) is 23.6 Å². The first-order chi connectivity index (χ1) is 12.6. The Kier molecular flexibility index (Phi) is 4.34. The van der Waals surface area contributed by atoms with Crippen LogP contribution in [0.25, 0.3) is 5.70 Å². The minimum atomic E-state index is -1.03. The number of piperidine rings is 1. The Labute approximate surface area is 153 Å². The van der Waals surface area contributed by atoms with Gasteiger partial charge in [-0.25, -0.2) is 0 Å². The first-order valence-corrected chi connectivity index (χ1v) is 9.34. The van der Waals surface area contributed by atoms with E-state index in [0.29, 0.717) is 16.7 Å². The molecule has 0 amide bonds. The minimum Gasteiger partial charge on any atom is -0.393 e. The number of aliphatic hydroxyl groups is 2. The highest BCUT2D eigenvalue weighted by Gasteiger charge is 2.41. The molecular formula is C21H24N2O3. The summed E-state index contributed by atoms with van der Waals surface area (Å²) in [6.07, 6.45) is 12.8. The molecule has 5 heteroatoms.